The summed E-state index contributed by atoms with van der Waals surface area (Å²) in [6.45, 7) is 11.4. The molecule has 0 aliphatic carbocycles. The fourth-order valence-corrected chi connectivity index (χ4v) is 2.93. The molecule has 1 aromatic carbocycles. The number of hydrogen-bond donors (Lipinski definition) is 1. The van der Waals surface area contributed by atoms with Gasteiger partial charge in [0.15, 0.2) is 0 Å². The summed E-state index contributed by atoms with van der Waals surface area (Å²) in [6.07, 6.45) is 3.79. The predicted octanol–water partition coefficient (Wildman–Crippen LogP) is 3.61. The van der Waals surface area contributed by atoms with Crippen molar-refractivity contribution in [3.63, 3.8) is 0 Å². The maximum absolute atomic E-state index is 10.3. The second-order valence-electron chi connectivity index (χ2n) is 5.67. The first-order valence-corrected chi connectivity index (χ1v) is 7.53. The third kappa shape index (κ3) is 2.92. The molecule has 110 valence electrons. The Morgan fingerprint density at radius 2 is 1.95 bits per heavy atom. The molecule has 1 aliphatic heterocycles. The van der Waals surface area contributed by atoms with E-state index in [1.807, 2.05) is 20.0 Å². The molecule has 1 fully saturated rings. The van der Waals surface area contributed by atoms with Crippen molar-refractivity contribution < 1.29 is 5.11 Å². The van der Waals surface area contributed by atoms with Gasteiger partial charge in [0.05, 0.1) is 5.69 Å². The maximum Gasteiger partial charge on any atom is 0.139 e. The van der Waals surface area contributed by atoms with Crippen LogP contribution < -0.4 is 4.90 Å². The van der Waals surface area contributed by atoms with Crippen LogP contribution in [0.25, 0.3) is 5.70 Å². The highest BCUT2D eigenvalue weighted by Crippen LogP contribution is 2.34. The molecule has 0 atom stereocenters. The molecule has 2 rings (SSSR count). The highest BCUT2D eigenvalue weighted by atomic mass is 16.3. The Morgan fingerprint density at radius 1 is 1.30 bits per heavy atom. The Labute approximate surface area is 122 Å². The number of phenols is 1. The molecular weight excluding hydrogens is 248 g/mol. The zero-order valence-electron chi connectivity index (χ0n) is 12.9. The van der Waals surface area contributed by atoms with Crippen molar-refractivity contribution in [2.24, 2.45) is 0 Å². The van der Waals surface area contributed by atoms with Gasteiger partial charge in [0, 0.05) is 37.9 Å². The summed E-state index contributed by atoms with van der Waals surface area (Å²) in [6, 6.07) is 3.99. The van der Waals surface area contributed by atoms with E-state index < -0.39 is 0 Å². The number of phenolic OH excluding ortho intramolecular Hbond substituents is 1. The number of aryl methyl sites for hydroxylation is 1. The highest BCUT2D eigenvalue weighted by Gasteiger charge is 2.16. The highest BCUT2D eigenvalue weighted by molar-refractivity contribution is 5.72. The maximum atomic E-state index is 10.3. The fraction of sp³-hybridized carbons (Fsp3) is 0.529. The van der Waals surface area contributed by atoms with Gasteiger partial charge in [-0.2, -0.15) is 0 Å². The Balaban J connectivity index is 2.27. The standard InChI is InChI=1S/C17H26N2O/c1-5-18(4)17-13(2)11-15(12-16(17)20)14(3)19-9-7-6-8-10-19/h11-12,20H,3,5-10H2,1-2,4H3. The molecule has 0 unspecified atom stereocenters. The van der Waals surface area contributed by atoms with Crippen LogP contribution in [-0.2, 0) is 0 Å². The number of likely N-dealkylation sites (tertiary alicyclic amines) is 1. The van der Waals surface area contributed by atoms with Crippen LogP contribution in [0.1, 0.15) is 37.3 Å². The average Bonchev–Trinajstić information content (AvgIpc) is 2.46. The van der Waals surface area contributed by atoms with Crippen molar-refractivity contribution in [2.45, 2.75) is 33.1 Å². The lowest BCUT2D eigenvalue weighted by Crippen LogP contribution is -2.27. The number of nitrogens with zero attached hydrogens (tertiary/aromatic N) is 2. The first-order valence-electron chi connectivity index (χ1n) is 7.53. The van der Waals surface area contributed by atoms with Gasteiger partial charge in [-0.05, 0) is 50.8 Å². The van der Waals surface area contributed by atoms with Gasteiger partial charge in [0.25, 0.3) is 0 Å². The molecule has 3 nitrogen and oxygen atoms in total. The smallest absolute Gasteiger partial charge is 0.139 e. The zero-order valence-corrected chi connectivity index (χ0v) is 12.9. The molecule has 0 bridgehead atoms. The van der Waals surface area contributed by atoms with Gasteiger partial charge in [0.1, 0.15) is 5.75 Å². The zero-order chi connectivity index (χ0) is 14.7. The SMILES string of the molecule is C=C(c1cc(C)c(N(C)CC)c(O)c1)N1CCCCC1. The van der Waals surface area contributed by atoms with E-state index in [4.69, 9.17) is 0 Å². The van der Waals surface area contributed by atoms with Gasteiger partial charge < -0.3 is 14.9 Å². The number of piperidine rings is 1. The summed E-state index contributed by atoms with van der Waals surface area (Å²) in [5.74, 6) is 0.350. The Hall–Kier alpha value is -1.64. The van der Waals surface area contributed by atoms with Crippen molar-refractivity contribution >= 4 is 11.4 Å². The van der Waals surface area contributed by atoms with E-state index in [1.54, 1.807) is 0 Å². The third-order valence-electron chi connectivity index (χ3n) is 4.21. The van der Waals surface area contributed by atoms with Gasteiger partial charge in [-0.15, -0.1) is 0 Å². The van der Waals surface area contributed by atoms with E-state index in [0.29, 0.717) is 5.75 Å². The van der Waals surface area contributed by atoms with Gasteiger partial charge in [-0.1, -0.05) is 6.58 Å². The minimum absolute atomic E-state index is 0.350. The molecule has 1 saturated heterocycles. The molecule has 0 aromatic heterocycles. The van der Waals surface area contributed by atoms with Crippen molar-refractivity contribution in [3.05, 3.63) is 29.8 Å². The second-order valence-corrected chi connectivity index (χ2v) is 5.67. The molecule has 1 aliphatic rings. The van der Waals surface area contributed by atoms with Gasteiger partial charge in [0.2, 0.25) is 0 Å². The molecule has 1 aromatic rings. The Bertz CT molecular complexity index is 467. The monoisotopic (exact) mass is 274 g/mol. The van der Waals surface area contributed by atoms with Crippen LogP contribution in [0.4, 0.5) is 5.69 Å². The van der Waals surface area contributed by atoms with Crippen molar-refractivity contribution in [1.82, 2.24) is 4.90 Å². The molecule has 0 spiro atoms. The lowest BCUT2D eigenvalue weighted by Gasteiger charge is -2.31. The number of anilines is 1. The van der Waals surface area contributed by atoms with Crippen molar-refractivity contribution in [3.8, 4) is 5.75 Å². The van der Waals surface area contributed by atoms with Crippen molar-refractivity contribution in [1.29, 1.82) is 0 Å². The summed E-state index contributed by atoms with van der Waals surface area (Å²) in [5, 5.41) is 10.3. The molecule has 1 heterocycles. The van der Waals surface area contributed by atoms with Crippen LogP contribution in [0, 0.1) is 6.92 Å². The Morgan fingerprint density at radius 3 is 2.50 bits per heavy atom. The number of benzene rings is 1. The van der Waals surface area contributed by atoms with E-state index in [2.05, 4.69) is 29.4 Å². The molecule has 0 saturated carbocycles. The first-order chi connectivity index (χ1) is 9.54. The first kappa shape index (κ1) is 14.8. The molecule has 0 radical (unpaired) electrons. The van der Waals surface area contributed by atoms with E-state index in [1.165, 1.54) is 19.3 Å². The van der Waals surface area contributed by atoms with E-state index in [0.717, 1.165) is 42.1 Å². The summed E-state index contributed by atoms with van der Waals surface area (Å²) in [5.41, 5.74) is 4.09. The quantitative estimate of drug-likeness (QED) is 0.908. The number of rotatable bonds is 4. The van der Waals surface area contributed by atoms with Crippen LogP contribution >= 0.6 is 0 Å². The number of hydrogen-bond acceptors (Lipinski definition) is 3. The lowest BCUT2D eigenvalue weighted by molar-refractivity contribution is 0.326. The summed E-state index contributed by atoms with van der Waals surface area (Å²) in [4.78, 5) is 4.40. The third-order valence-corrected chi connectivity index (χ3v) is 4.21. The van der Waals surface area contributed by atoms with Gasteiger partial charge in [-0.3, -0.25) is 0 Å². The van der Waals surface area contributed by atoms with Gasteiger partial charge >= 0.3 is 0 Å². The van der Waals surface area contributed by atoms with Crippen LogP contribution in [0.2, 0.25) is 0 Å². The molecule has 1 N–H and O–H groups in total. The van der Waals surface area contributed by atoms with Crippen LogP contribution in [0.15, 0.2) is 18.7 Å². The topological polar surface area (TPSA) is 26.7 Å². The summed E-state index contributed by atoms with van der Waals surface area (Å²) < 4.78 is 0. The van der Waals surface area contributed by atoms with E-state index in [9.17, 15) is 5.11 Å². The van der Waals surface area contributed by atoms with E-state index >= 15 is 0 Å². The van der Waals surface area contributed by atoms with Crippen LogP contribution in [-0.4, -0.2) is 36.7 Å². The Kier molecular flexibility index (Phi) is 4.58. The second kappa shape index (κ2) is 6.21. The normalized spacial score (nSPS) is 15.2. The average molecular weight is 274 g/mol. The minimum Gasteiger partial charge on any atom is -0.506 e. The molecule has 0 amide bonds. The summed E-state index contributed by atoms with van der Waals surface area (Å²) in [7, 11) is 2.00. The van der Waals surface area contributed by atoms with Crippen molar-refractivity contribution in [2.75, 3.05) is 31.6 Å². The van der Waals surface area contributed by atoms with Crippen LogP contribution in [0.3, 0.4) is 0 Å². The molecule has 3 heteroatoms. The van der Waals surface area contributed by atoms with Crippen LogP contribution in [0.5, 0.6) is 5.75 Å². The lowest BCUT2D eigenvalue weighted by atomic mass is 10.0. The van der Waals surface area contributed by atoms with E-state index in [-0.39, 0.29) is 0 Å². The largest absolute Gasteiger partial charge is 0.506 e. The summed E-state index contributed by atoms with van der Waals surface area (Å²) >= 11 is 0. The predicted molar refractivity (Wildman–Crippen MR) is 86.2 cm³/mol. The fourth-order valence-electron chi connectivity index (χ4n) is 2.93. The minimum atomic E-state index is 0.350. The number of aromatic hydroxyl groups is 1. The molecular formula is C17H26N2O. The van der Waals surface area contributed by atoms with Gasteiger partial charge in [-0.25, -0.2) is 0 Å². The molecule has 20 heavy (non-hydrogen) atoms.